The van der Waals surface area contributed by atoms with Gasteiger partial charge in [-0.05, 0) is 57.4 Å². The molecule has 9 heteroatoms. The number of rotatable bonds is 11. The highest BCUT2D eigenvalue weighted by atomic mass is 16.5. The summed E-state index contributed by atoms with van der Waals surface area (Å²) in [5.74, 6) is 0.580. The van der Waals surface area contributed by atoms with E-state index in [9.17, 15) is 9.59 Å². The molecule has 166 valence electrons. The number of nitrogens with zero attached hydrogens (tertiary/aromatic N) is 1. The third-order valence-electron chi connectivity index (χ3n) is 3.74. The number of hydrogen-bond donors (Lipinski definition) is 3. The van der Waals surface area contributed by atoms with Gasteiger partial charge in [-0.2, -0.15) is 0 Å². The minimum Gasteiger partial charge on any atom is -0.494 e. The minimum absolute atomic E-state index is 0.111. The number of aliphatic hydroxyl groups is 1. The number of carboxylic acid groups (broad SMARTS) is 1. The fourth-order valence-corrected chi connectivity index (χ4v) is 2.60. The van der Waals surface area contributed by atoms with Gasteiger partial charge < -0.3 is 34.3 Å². The third kappa shape index (κ3) is 8.97. The molecule has 0 radical (unpaired) electrons. The molecule has 0 saturated heterocycles. The van der Waals surface area contributed by atoms with Crippen LogP contribution in [0.2, 0.25) is 0 Å². The van der Waals surface area contributed by atoms with Crippen molar-refractivity contribution in [3.05, 3.63) is 47.9 Å². The van der Waals surface area contributed by atoms with E-state index < -0.39 is 17.9 Å². The number of carbonyl (C=O) groups excluding carboxylic acids is 1. The van der Waals surface area contributed by atoms with Gasteiger partial charge in [-0.1, -0.05) is 0 Å². The molecule has 3 N–H and O–H groups in total. The van der Waals surface area contributed by atoms with Crippen molar-refractivity contribution in [2.45, 2.75) is 26.0 Å². The lowest BCUT2D eigenvalue weighted by atomic mass is 10.2. The molecule has 1 aromatic carbocycles. The average Bonchev–Trinajstić information content (AvgIpc) is 3.17. The Bertz CT molecular complexity index is 772. The number of nitrogens with one attached hydrogen (secondary N) is 1. The largest absolute Gasteiger partial charge is 0.494 e. The van der Waals surface area contributed by atoms with E-state index in [1.807, 2.05) is 38.1 Å². The Hall–Kier alpha value is -3.04. The van der Waals surface area contributed by atoms with E-state index in [4.69, 9.17) is 24.1 Å². The molecule has 1 unspecified atom stereocenters. The summed E-state index contributed by atoms with van der Waals surface area (Å²) in [5, 5.41) is 18.7. The molecule has 0 spiro atoms. The van der Waals surface area contributed by atoms with E-state index in [1.54, 1.807) is 24.3 Å². The normalized spacial score (nSPS) is 11.3. The molecule has 1 atom stereocenters. The molecule has 0 saturated carbocycles. The quantitative estimate of drug-likeness (QED) is 0.503. The first kappa shape index (κ1) is 25.0. The Morgan fingerprint density at radius 2 is 1.67 bits per heavy atom. The van der Waals surface area contributed by atoms with Gasteiger partial charge in [-0.25, -0.2) is 0 Å². The number of hydrogen-bond acceptors (Lipinski definition) is 7. The molecule has 2 rings (SSSR count). The molecular weight excluding hydrogens is 392 g/mol. The summed E-state index contributed by atoms with van der Waals surface area (Å²) in [6.07, 6.45) is -0.168. The summed E-state index contributed by atoms with van der Waals surface area (Å²) in [6, 6.07) is 9.88. The Morgan fingerprint density at radius 1 is 1.07 bits per heavy atom. The van der Waals surface area contributed by atoms with Crippen LogP contribution in [0.1, 0.15) is 29.7 Å². The lowest BCUT2D eigenvalue weighted by molar-refractivity contribution is -0.137. The number of carboxylic acids is 1. The van der Waals surface area contributed by atoms with Gasteiger partial charge in [0.25, 0.3) is 5.91 Å². The van der Waals surface area contributed by atoms with E-state index in [0.29, 0.717) is 24.7 Å². The van der Waals surface area contributed by atoms with Gasteiger partial charge >= 0.3 is 5.97 Å². The summed E-state index contributed by atoms with van der Waals surface area (Å²) in [6.45, 7) is 3.09. The van der Waals surface area contributed by atoms with Gasteiger partial charge in [0, 0.05) is 13.7 Å². The molecular formula is C21H30N2O7. The summed E-state index contributed by atoms with van der Waals surface area (Å²) in [5.41, 5.74) is 0. The summed E-state index contributed by atoms with van der Waals surface area (Å²) in [7, 11) is 4.62. The summed E-state index contributed by atoms with van der Waals surface area (Å²) >= 11 is 0. The lowest BCUT2D eigenvalue weighted by Crippen LogP contribution is -2.42. The highest BCUT2D eigenvalue weighted by Crippen LogP contribution is 2.19. The molecule has 0 aliphatic heterocycles. The van der Waals surface area contributed by atoms with Crippen LogP contribution in [0.25, 0.3) is 0 Å². The van der Waals surface area contributed by atoms with E-state index in [0.717, 1.165) is 12.9 Å². The van der Waals surface area contributed by atoms with E-state index in [2.05, 4.69) is 5.32 Å². The van der Waals surface area contributed by atoms with Gasteiger partial charge in [-0.15, -0.1) is 0 Å². The Balaban J connectivity index is 0.00000218. The number of likely N-dealkylation sites (N-methyl/N-ethyl adjacent to an activating group) is 1. The molecule has 1 heterocycles. The highest BCUT2D eigenvalue weighted by molar-refractivity contribution is 5.92. The van der Waals surface area contributed by atoms with Gasteiger partial charge in [0.1, 0.15) is 23.9 Å². The van der Waals surface area contributed by atoms with Crippen LogP contribution in [-0.2, 0) is 11.4 Å². The monoisotopic (exact) mass is 422 g/mol. The van der Waals surface area contributed by atoms with Crippen molar-refractivity contribution in [2.24, 2.45) is 0 Å². The van der Waals surface area contributed by atoms with Gasteiger partial charge in [0.05, 0.1) is 19.1 Å². The van der Waals surface area contributed by atoms with Crippen molar-refractivity contribution in [2.75, 3.05) is 34.4 Å². The van der Waals surface area contributed by atoms with Crippen molar-refractivity contribution in [3.8, 4) is 11.5 Å². The number of furan rings is 1. The van der Waals surface area contributed by atoms with Gasteiger partial charge in [0.15, 0.2) is 5.76 Å². The first-order chi connectivity index (χ1) is 14.4. The van der Waals surface area contributed by atoms with Gasteiger partial charge in [0.2, 0.25) is 0 Å². The molecule has 1 aromatic heterocycles. The lowest BCUT2D eigenvalue weighted by Gasteiger charge is -2.20. The first-order valence-electron chi connectivity index (χ1n) is 9.44. The second kappa shape index (κ2) is 13.2. The maximum atomic E-state index is 12.3. The van der Waals surface area contributed by atoms with Crippen molar-refractivity contribution >= 4 is 11.9 Å². The number of ether oxygens (including phenoxy) is 2. The van der Waals surface area contributed by atoms with Crippen LogP contribution in [0.5, 0.6) is 11.5 Å². The average molecular weight is 422 g/mol. The van der Waals surface area contributed by atoms with Gasteiger partial charge in [-0.3, -0.25) is 9.59 Å². The van der Waals surface area contributed by atoms with Crippen molar-refractivity contribution in [1.82, 2.24) is 10.2 Å². The van der Waals surface area contributed by atoms with Crippen molar-refractivity contribution in [1.29, 1.82) is 0 Å². The zero-order chi connectivity index (χ0) is 22.5. The molecule has 0 aliphatic rings. The zero-order valence-corrected chi connectivity index (χ0v) is 17.8. The number of aliphatic hydroxyl groups excluding tert-OH is 1. The topological polar surface area (TPSA) is 121 Å². The number of amides is 1. The van der Waals surface area contributed by atoms with Crippen LogP contribution in [0, 0.1) is 0 Å². The smallest absolute Gasteiger partial charge is 0.305 e. The van der Waals surface area contributed by atoms with Crippen LogP contribution in [0.4, 0.5) is 0 Å². The highest BCUT2D eigenvalue weighted by Gasteiger charge is 2.20. The van der Waals surface area contributed by atoms with E-state index >= 15 is 0 Å². The Kier molecular flexibility index (Phi) is 11.0. The predicted molar refractivity (Wildman–Crippen MR) is 111 cm³/mol. The number of aliphatic carboxylic acids is 1. The summed E-state index contributed by atoms with van der Waals surface area (Å²) < 4.78 is 16.5. The molecule has 0 bridgehead atoms. The van der Waals surface area contributed by atoms with Crippen LogP contribution in [0.15, 0.2) is 40.8 Å². The van der Waals surface area contributed by atoms with E-state index in [1.165, 1.54) is 0 Å². The fraction of sp³-hybridized carbons (Fsp3) is 0.429. The minimum atomic E-state index is -0.976. The molecule has 2 aromatic rings. The number of carbonyl (C=O) groups is 2. The Morgan fingerprint density at radius 3 is 2.20 bits per heavy atom. The maximum absolute atomic E-state index is 12.3. The molecule has 0 fully saturated rings. The van der Waals surface area contributed by atoms with Crippen molar-refractivity contribution in [3.63, 3.8) is 0 Å². The van der Waals surface area contributed by atoms with Crippen LogP contribution < -0.4 is 14.8 Å². The van der Waals surface area contributed by atoms with Crippen LogP contribution in [0.3, 0.4) is 0 Å². The van der Waals surface area contributed by atoms with Crippen LogP contribution >= 0.6 is 0 Å². The van der Waals surface area contributed by atoms with E-state index in [-0.39, 0.29) is 18.8 Å². The second-order valence-corrected chi connectivity index (χ2v) is 6.49. The van der Waals surface area contributed by atoms with Crippen LogP contribution in [-0.4, -0.2) is 67.4 Å². The molecule has 0 aliphatic carbocycles. The summed E-state index contributed by atoms with van der Waals surface area (Å²) in [4.78, 5) is 25.1. The Labute approximate surface area is 176 Å². The first-order valence-corrected chi connectivity index (χ1v) is 9.44. The molecule has 1 amide bonds. The number of benzene rings is 1. The standard InChI is InChI=1S/C20H26N2O6.CH4O/c1-4-26-15-5-7-16(8-6-15)27-13-17-9-10-18(28-17)20(25)21-14(11-19(23)24)12-22(2)3;1-2/h5-10,14H,4,11-13H2,1-3H3,(H,21,25)(H,23,24);2H,1H3. The second-order valence-electron chi connectivity index (χ2n) is 6.49. The fourth-order valence-electron chi connectivity index (χ4n) is 2.60. The zero-order valence-electron chi connectivity index (χ0n) is 17.8. The SMILES string of the molecule is CCOc1ccc(OCc2ccc(C(=O)NC(CC(=O)O)CN(C)C)o2)cc1.CO. The predicted octanol–water partition coefficient (Wildman–Crippen LogP) is 2.00. The molecule has 30 heavy (non-hydrogen) atoms. The molecule has 9 nitrogen and oxygen atoms in total. The maximum Gasteiger partial charge on any atom is 0.305 e. The third-order valence-corrected chi connectivity index (χ3v) is 3.74. The van der Waals surface area contributed by atoms with Crippen molar-refractivity contribution < 1.29 is 33.7 Å².